The number of pyridine rings is 1. The molecule has 1 amide bonds. The first-order chi connectivity index (χ1) is 18.9. The van der Waals surface area contributed by atoms with Crippen LogP contribution in [0.15, 0.2) is 36.7 Å². The quantitative estimate of drug-likeness (QED) is 0.315. The van der Waals surface area contributed by atoms with E-state index in [-0.39, 0.29) is 11.8 Å². The monoisotopic (exact) mass is 583 g/mol. The van der Waals surface area contributed by atoms with Gasteiger partial charge in [0, 0.05) is 65.6 Å². The third-order valence-corrected chi connectivity index (χ3v) is 7.57. The van der Waals surface area contributed by atoms with Crippen LogP contribution in [0.1, 0.15) is 23.6 Å². The number of nitrogens with one attached hydrogen (secondary N) is 1. The molecule has 0 atom stereocenters. The van der Waals surface area contributed by atoms with Gasteiger partial charge in [0.25, 0.3) is 0 Å². The summed E-state index contributed by atoms with van der Waals surface area (Å²) >= 11 is 14.7. The van der Waals surface area contributed by atoms with Crippen LogP contribution in [-0.2, 0) is 4.79 Å². The van der Waals surface area contributed by atoms with E-state index in [0.29, 0.717) is 51.3 Å². The first-order valence-electron chi connectivity index (χ1n) is 12.2. The lowest BCUT2D eigenvalue weighted by atomic mass is 10.0. The number of nitrogens with zero attached hydrogens (tertiary/aromatic N) is 6. The van der Waals surface area contributed by atoms with E-state index in [1.165, 1.54) is 4.90 Å². The van der Waals surface area contributed by atoms with Gasteiger partial charge in [0.05, 0.1) is 11.9 Å². The Balaban J connectivity index is 1.52. The smallest absolute Gasteiger partial charge is 0.231 e. The predicted octanol–water partition coefficient (Wildman–Crippen LogP) is 5.37. The fourth-order valence-corrected chi connectivity index (χ4v) is 5.67. The molecule has 2 aromatic heterocycles. The number of carbonyl (C=O) groups is 1. The van der Waals surface area contributed by atoms with Crippen molar-refractivity contribution in [3.63, 3.8) is 0 Å². The number of hydrogen-bond donors (Lipinski definition) is 1. The molecular weight excluding hydrogens is 557 g/mol. The second-order valence-corrected chi connectivity index (χ2v) is 10.8. The highest BCUT2D eigenvalue weighted by atomic mass is 35.5. The average Bonchev–Trinajstić information content (AvgIpc) is 2.94. The zero-order valence-electron chi connectivity index (χ0n) is 21.5. The number of rotatable bonds is 10. The van der Waals surface area contributed by atoms with Gasteiger partial charge in [-0.15, -0.1) is 0 Å². The van der Waals surface area contributed by atoms with Crippen LogP contribution in [0, 0.1) is 11.3 Å². The molecule has 1 aliphatic rings. The summed E-state index contributed by atoms with van der Waals surface area (Å²) in [6.07, 6.45) is 5.62. The fraction of sp³-hybridized carbons (Fsp3) is 0.296. The van der Waals surface area contributed by atoms with Gasteiger partial charge < -0.3 is 15.0 Å². The molecule has 4 rings (SSSR count). The van der Waals surface area contributed by atoms with Gasteiger partial charge in [-0.25, -0.2) is 9.97 Å². The highest BCUT2D eigenvalue weighted by molar-refractivity contribution is 7.99. The Morgan fingerprint density at radius 3 is 2.69 bits per heavy atom. The van der Waals surface area contributed by atoms with Crippen LogP contribution in [0.2, 0.25) is 10.0 Å². The van der Waals surface area contributed by atoms with Crippen molar-refractivity contribution < 1.29 is 9.53 Å². The van der Waals surface area contributed by atoms with Gasteiger partial charge in [-0.2, -0.15) is 22.0 Å². The Labute approximate surface area is 241 Å². The number of carbonyl (C=O) groups excluding carboxylic acids is 1. The number of nitriles is 1. The molecule has 0 radical (unpaired) electrons. The molecule has 0 spiro atoms. The maximum Gasteiger partial charge on any atom is 0.231 e. The van der Waals surface area contributed by atoms with Gasteiger partial charge in [-0.1, -0.05) is 29.3 Å². The topological polar surface area (TPSA) is 107 Å². The first kappa shape index (κ1) is 28.6. The van der Waals surface area contributed by atoms with Crippen molar-refractivity contribution in [3.8, 4) is 11.9 Å². The Kier molecular flexibility index (Phi) is 10.0. The van der Waals surface area contributed by atoms with Crippen molar-refractivity contribution in [2.45, 2.75) is 6.92 Å². The fourth-order valence-electron chi connectivity index (χ4n) is 4.00. The van der Waals surface area contributed by atoms with E-state index in [2.05, 4.69) is 31.2 Å². The zero-order valence-corrected chi connectivity index (χ0v) is 23.9. The van der Waals surface area contributed by atoms with Crippen LogP contribution in [0.4, 0.5) is 17.5 Å². The number of allylic oxidation sites excluding steroid dienone is 1. The summed E-state index contributed by atoms with van der Waals surface area (Å²) in [5, 5.41) is 13.7. The predicted molar refractivity (Wildman–Crippen MR) is 158 cm³/mol. The molecule has 0 unspecified atom stereocenters. The van der Waals surface area contributed by atoms with Crippen molar-refractivity contribution in [2.75, 3.05) is 55.0 Å². The molecule has 0 saturated carbocycles. The minimum atomic E-state index is 0.228. The number of halogens is 2. The summed E-state index contributed by atoms with van der Waals surface area (Å²) in [6, 6.07) is 9.06. The molecular formula is C27H27Cl2N7O2S. The lowest BCUT2D eigenvalue weighted by molar-refractivity contribution is -0.107. The molecule has 3 aromatic rings. The molecule has 1 aromatic carbocycles. The Bertz CT molecular complexity index is 1390. The summed E-state index contributed by atoms with van der Waals surface area (Å²) < 4.78 is 5.80. The van der Waals surface area contributed by atoms with E-state index < -0.39 is 0 Å². The molecule has 12 heteroatoms. The van der Waals surface area contributed by atoms with E-state index in [4.69, 9.17) is 27.9 Å². The number of anilines is 3. The van der Waals surface area contributed by atoms with Crippen molar-refractivity contribution in [1.82, 2.24) is 19.9 Å². The molecule has 1 N–H and O–H groups in total. The Hall–Kier alpha value is -3.36. The highest BCUT2D eigenvalue weighted by Crippen LogP contribution is 2.33. The van der Waals surface area contributed by atoms with Crippen molar-refractivity contribution in [3.05, 3.63) is 63.4 Å². The maximum absolute atomic E-state index is 11.6. The average molecular weight is 585 g/mol. The van der Waals surface area contributed by atoms with Crippen molar-refractivity contribution >= 4 is 70.5 Å². The molecule has 202 valence electrons. The number of ether oxygens (including phenoxy) is 1. The maximum atomic E-state index is 11.6. The molecule has 1 aliphatic heterocycles. The molecule has 9 nitrogen and oxygen atoms in total. The van der Waals surface area contributed by atoms with Crippen LogP contribution in [0.3, 0.4) is 0 Å². The van der Waals surface area contributed by atoms with E-state index in [0.717, 1.165) is 36.7 Å². The SMILES string of the molecule is C/C(=C\c1cnc(Nc2cnc(OCCN3CCSCC3)c(C#N)c2)nc1N(C)C=O)c1c(Cl)cccc1Cl. The zero-order chi connectivity index (χ0) is 27.8. The minimum Gasteiger partial charge on any atom is -0.475 e. The van der Waals surface area contributed by atoms with Crippen molar-refractivity contribution in [1.29, 1.82) is 5.26 Å². The summed E-state index contributed by atoms with van der Waals surface area (Å²) in [5.41, 5.74) is 2.87. The molecule has 1 saturated heterocycles. The third-order valence-electron chi connectivity index (χ3n) is 5.99. The van der Waals surface area contributed by atoms with Crippen LogP contribution in [0.25, 0.3) is 11.6 Å². The summed E-state index contributed by atoms with van der Waals surface area (Å²) in [7, 11) is 1.60. The molecule has 3 heterocycles. The second kappa shape index (κ2) is 13.6. The number of benzene rings is 1. The van der Waals surface area contributed by atoms with Gasteiger partial charge >= 0.3 is 0 Å². The molecule has 0 aliphatic carbocycles. The minimum absolute atomic E-state index is 0.228. The van der Waals surface area contributed by atoms with Gasteiger partial charge in [-0.3, -0.25) is 9.69 Å². The van der Waals surface area contributed by atoms with Crippen LogP contribution in [0.5, 0.6) is 5.88 Å². The van der Waals surface area contributed by atoms with Crippen LogP contribution >= 0.6 is 35.0 Å². The number of amides is 1. The van der Waals surface area contributed by atoms with Gasteiger partial charge in [-0.05, 0) is 36.8 Å². The summed E-state index contributed by atoms with van der Waals surface area (Å²) in [5.74, 6) is 3.13. The third kappa shape index (κ3) is 7.40. The lowest BCUT2D eigenvalue weighted by Gasteiger charge is -2.25. The molecule has 1 fully saturated rings. The normalized spacial score (nSPS) is 14.0. The first-order valence-corrected chi connectivity index (χ1v) is 14.1. The summed E-state index contributed by atoms with van der Waals surface area (Å²) in [4.78, 5) is 28.5. The molecule has 39 heavy (non-hydrogen) atoms. The van der Waals surface area contributed by atoms with Crippen LogP contribution < -0.4 is 15.0 Å². The standard InChI is InChI=1S/C27H27Cl2N7O2S/c1-18(24-22(28)4-3-5-23(24)29)12-20-15-32-27(34-25(20)35(2)17-37)33-21-13-19(14-30)26(31-16-21)38-9-6-36-7-10-39-11-8-36/h3-5,12-13,15-17H,6-11H2,1-2H3,(H,32,33,34)/b18-12+. The van der Waals surface area contributed by atoms with Gasteiger partial charge in [0.1, 0.15) is 24.1 Å². The Morgan fingerprint density at radius 2 is 2.00 bits per heavy atom. The summed E-state index contributed by atoms with van der Waals surface area (Å²) in [6.45, 7) is 5.19. The highest BCUT2D eigenvalue weighted by Gasteiger charge is 2.15. The van der Waals surface area contributed by atoms with E-state index in [9.17, 15) is 10.1 Å². The van der Waals surface area contributed by atoms with Gasteiger partial charge in [0.15, 0.2) is 0 Å². The lowest BCUT2D eigenvalue weighted by Crippen LogP contribution is -2.35. The number of hydrogen-bond acceptors (Lipinski definition) is 9. The van der Waals surface area contributed by atoms with Crippen molar-refractivity contribution in [2.24, 2.45) is 0 Å². The largest absolute Gasteiger partial charge is 0.475 e. The van der Waals surface area contributed by atoms with E-state index in [1.54, 1.807) is 43.7 Å². The Morgan fingerprint density at radius 1 is 1.26 bits per heavy atom. The number of thioether (sulfide) groups is 1. The second-order valence-electron chi connectivity index (χ2n) is 8.73. The number of aromatic nitrogens is 3. The van der Waals surface area contributed by atoms with Gasteiger partial charge in [0.2, 0.25) is 18.2 Å². The molecule has 0 bridgehead atoms. The van der Waals surface area contributed by atoms with E-state index >= 15 is 0 Å². The van der Waals surface area contributed by atoms with E-state index in [1.807, 2.05) is 24.8 Å². The van der Waals surface area contributed by atoms with Crippen LogP contribution in [-0.4, -0.2) is 71.1 Å².